The van der Waals surface area contributed by atoms with E-state index in [9.17, 15) is 0 Å². The summed E-state index contributed by atoms with van der Waals surface area (Å²) >= 11 is 0. The maximum atomic E-state index is 4.03. The molecular weight excluding hydrogens is 186 g/mol. The van der Waals surface area contributed by atoms with Crippen molar-refractivity contribution in [3.05, 3.63) is 18.2 Å². The first-order valence-electron chi connectivity index (χ1n) is 5.98. The summed E-state index contributed by atoms with van der Waals surface area (Å²) < 4.78 is 0. The Kier molecular flexibility index (Phi) is 3.41. The first-order chi connectivity index (χ1) is 7.27. The van der Waals surface area contributed by atoms with E-state index in [4.69, 9.17) is 0 Å². The summed E-state index contributed by atoms with van der Waals surface area (Å²) in [4.78, 5) is 7.16. The molecule has 0 aliphatic heterocycles. The van der Waals surface area contributed by atoms with Crippen LogP contribution in [0, 0.1) is 11.8 Å². The molecule has 15 heavy (non-hydrogen) atoms. The van der Waals surface area contributed by atoms with Crippen LogP contribution >= 0.6 is 0 Å². The zero-order chi connectivity index (χ0) is 10.7. The quantitative estimate of drug-likeness (QED) is 0.798. The van der Waals surface area contributed by atoms with E-state index in [1.54, 1.807) is 6.33 Å². The van der Waals surface area contributed by atoms with Gasteiger partial charge in [-0.2, -0.15) is 0 Å². The number of nitrogens with one attached hydrogen (secondary N) is 2. The maximum Gasteiger partial charge on any atom is 0.0922 e. The zero-order valence-electron chi connectivity index (χ0n) is 9.66. The minimum atomic E-state index is 0.669. The van der Waals surface area contributed by atoms with Gasteiger partial charge in [0.05, 0.1) is 6.33 Å². The number of aromatic amines is 1. The van der Waals surface area contributed by atoms with Crippen molar-refractivity contribution in [1.29, 1.82) is 0 Å². The normalized spacial score (nSPS) is 31.7. The Labute approximate surface area is 91.7 Å². The Hall–Kier alpha value is -0.830. The van der Waals surface area contributed by atoms with E-state index in [1.165, 1.54) is 25.0 Å². The smallest absolute Gasteiger partial charge is 0.0922 e. The topological polar surface area (TPSA) is 40.7 Å². The van der Waals surface area contributed by atoms with Gasteiger partial charge in [0.15, 0.2) is 0 Å². The number of nitrogens with zero attached hydrogens (tertiary/aromatic N) is 1. The first kappa shape index (κ1) is 10.7. The molecule has 2 rings (SSSR count). The third kappa shape index (κ3) is 2.59. The van der Waals surface area contributed by atoms with Crippen LogP contribution in [0.2, 0.25) is 0 Å². The van der Waals surface area contributed by atoms with Crippen molar-refractivity contribution >= 4 is 0 Å². The average molecular weight is 207 g/mol. The fourth-order valence-corrected chi connectivity index (χ4v) is 2.69. The van der Waals surface area contributed by atoms with Crippen LogP contribution in [0.25, 0.3) is 0 Å². The monoisotopic (exact) mass is 207 g/mol. The van der Waals surface area contributed by atoms with Crippen LogP contribution in [0.1, 0.15) is 38.8 Å². The van der Waals surface area contributed by atoms with E-state index in [0.717, 1.165) is 18.4 Å². The van der Waals surface area contributed by atoms with Crippen molar-refractivity contribution in [2.24, 2.45) is 11.8 Å². The predicted molar refractivity (Wildman–Crippen MR) is 61.4 cm³/mol. The molecule has 0 spiro atoms. The van der Waals surface area contributed by atoms with E-state index in [2.05, 4.69) is 29.1 Å². The summed E-state index contributed by atoms with van der Waals surface area (Å²) in [5, 5.41) is 3.65. The number of aromatic nitrogens is 2. The van der Waals surface area contributed by atoms with Gasteiger partial charge in [0, 0.05) is 24.5 Å². The van der Waals surface area contributed by atoms with Crippen molar-refractivity contribution in [3.8, 4) is 0 Å². The summed E-state index contributed by atoms with van der Waals surface area (Å²) in [6, 6.07) is 0.669. The minimum absolute atomic E-state index is 0.669. The highest BCUT2D eigenvalue weighted by atomic mass is 15.0. The van der Waals surface area contributed by atoms with Crippen LogP contribution in [-0.4, -0.2) is 16.0 Å². The van der Waals surface area contributed by atoms with E-state index in [-0.39, 0.29) is 0 Å². The molecule has 2 N–H and O–H groups in total. The molecule has 0 amide bonds. The first-order valence-corrected chi connectivity index (χ1v) is 5.98. The van der Waals surface area contributed by atoms with Crippen LogP contribution in [0.3, 0.4) is 0 Å². The lowest BCUT2D eigenvalue weighted by atomic mass is 9.79. The number of imidazole rings is 1. The molecule has 1 aromatic heterocycles. The summed E-state index contributed by atoms with van der Waals surface area (Å²) in [5.74, 6) is 1.60. The van der Waals surface area contributed by atoms with E-state index < -0.39 is 0 Å². The van der Waals surface area contributed by atoms with Gasteiger partial charge in [-0.15, -0.1) is 0 Å². The number of rotatable bonds is 3. The summed E-state index contributed by atoms with van der Waals surface area (Å²) in [5.41, 5.74) is 1.18. The molecule has 0 bridgehead atoms. The fourth-order valence-electron chi connectivity index (χ4n) is 2.69. The molecule has 1 saturated carbocycles. The van der Waals surface area contributed by atoms with Crippen molar-refractivity contribution in [1.82, 2.24) is 15.3 Å². The molecule has 1 heterocycles. The highest BCUT2D eigenvalue weighted by molar-refractivity contribution is 4.95. The van der Waals surface area contributed by atoms with Crippen molar-refractivity contribution < 1.29 is 0 Å². The molecule has 1 aliphatic carbocycles. The second-order valence-corrected chi connectivity index (χ2v) is 4.87. The lowest BCUT2D eigenvalue weighted by Gasteiger charge is -2.35. The van der Waals surface area contributed by atoms with Crippen molar-refractivity contribution in [2.75, 3.05) is 0 Å². The van der Waals surface area contributed by atoms with Crippen LogP contribution in [0.15, 0.2) is 12.5 Å². The predicted octanol–water partition coefficient (Wildman–Crippen LogP) is 2.32. The van der Waals surface area contributed by atoms with E-state index in [1.807, 2.05) is 6.20 Å². The van der Waals surface area contributed by atoms with Crippen LogP contribution in [0.5, 0.6) is 0 Å². The maximum absolute atomic E-state index is 4.03. The summed E-state index contributed by atoms with van der Waals surface area (Å²) in [6.45, 7) is 5.64. The minimum Gasteiger partial charge on any atom is -0.347 e. The Morgan fingerprint density at radius 2 is 2.13 bits per heavy atom. The van der Waals surface area contributed by atoms with E-state index in [0.29, 0.717) is 6.04 Å². The van der Waals surface area contributed by atoms with Crippen LogP contribution < -0.4 is 5.32 Å². The second-order valence-electron chi connectivity index (χ2n) is 4.87. The largest absolute Gasteiger partial charge is 0.347 e. The number of H-pyrrole nitrogens is 1. The lowest BCUT2D eigenvalue weighted by Crippen LogP contribution is -2.42. The lowest BCUT2D eigenvalue weighted by molar-refractivity contribution is 0.207. The molecule has 84 valence electrons. The molecule has 3 nitrogen and oxygen atoms in total. The Morgan fingerprint density at radius 1 is 1.40 bits per heavy atom. The molecular formula is C12H21N3. The third-order valence-electron chi connectivity index (χ3n) is 3.63. The van der Waals surface area contributed by atoms with Gasteiger partial charge in [0.2, 0.25) is 0 Å². The van der Waals surface area contributed by atoms with E-state index >= 15 is 0 Å². The highest BCUT2D eigenvalue weighted by Gasteiger charge is 2.26. The van der Waals surface area contributed by atoms with Gasteiger partial charge in [-0.1, -0.05) is 20.3 Å². The second kappa shape index (κ2) is 4.79. The van der Waals surface area contributed by atoms with Crippen molar-refractivity contribution in [2.45, 2.75) is 45.7 Å². The zero-order valence-corrected chi connectivity index (χ0v) is 9.66. The van der Waals surface area contributed by atoms with Gasteiger partial charge >= 0.3 is 0 Å². The third-order valence-corrected chi connectivity index (χ3v) is 3.63. The van der Waals surface area contributed by atoms with Gasteiger partial charge in [-0.3, -0.25) is 0 Å². The molecule has 1 fully saturated rings. The van der Waals surface area contributed by atoms with Crippen molar-refractivity contribution in [3.63, 3.8) is 0 Å². The molecule has 0 saturated heterocycles. The highest BCUT2D eigenvalue weighted by Crippen LogP contribution is 2.28. The summed E-state index contributed by atoms with van der Waals surface area (Å²) in [7, 11) is 0. The standard InChI is InChI=1S/C12H21N3/c1-9-4-3-5-10(2)12(9)14-7-11-6-13-8-15-11/h6,8-10,12,14H,3-5,7H2,1-2H3,(H,13,15). The molecule has 3 heteroatoms. The SMILES string of the molecule is CC1CCCC(C)C1NCc1cnc[nH]1. The molecule has 2 unspecified atom stereocenters. The molecule has 2 atom stereocenters. The summed E-state index contributed by atoms with van der Waals surface area (Å²) in [6.07, 6.45) is 7.76. The van der Waals surface area contributed by atoms with Gasteiger partial charge in [-0.05, 0) is 24.7 Å². The van der Waals surface area contributed by atoms with Gasteiger partial charge < -0.3 is 10.3 Å². The average Bonchev–Trinajstić information content (AvgIpc) is 2.70. The fraction of sp³-hybridized carbons (Fsp3) is 0.750. The van der Waals surface area contributed by atoms with Gasteiger partial charge in [0.25, 0.3) is 0 Å². The Balaban J connectivity index is 1.86. The van der Waals surface area contributed by atoms with Crippen LogP contribution in [-0.2, 0) is 6.54 Å². The number of hydrogen-bond acceptors (Lipinski definition) is 2. The molecule has 1 aliphatic rings. The molecule has 1 aromatic rings. The van der Waals surface area contributed by atoms with Gasteiger partial charge in [-0.25, -0.2) is 4.98 Å². The Morgan fingerprint density at radius 3 is 2.73 bits per heavy atom. The van der Waals surface area contributed by atoms with Crippen LogP contribution in [0.4, 0.5) is 0 Å². The van der Waals surface area contributed by atoms with Gasteiger partial charge in [0.1, 0.15) is 0 Å². The number of hydrogen-bond donors (Lipinski definition) is 2. The Bertz CT molecular complexity index is 271. The molecule has 0 aromatic carbocycles. The molecule has 0 radical (unpaired) electrons.